The van der Waals surface area contributed by atoms with Crippen molar-refractivity contribution in [3.05, 3.63) is 35.9 Å². The maximum absolute atomic E-state index is 5.90. The number of rotatable bonds is 2. The van der Waals surface area contributed by atoms with E-state index in [1.54, 1.807) is 0 Å². The lowest BCUT2D eigenvalue weighted by molar-refractivity contribution is -0.0461. The van der Waals surface area contributed by atoms with Gasteiger partial charge in [0, 0.05) is 6.54 Å². The van der Waals surface area contributed by atoms with Crippen molar-refractivity contribution in [1.82, 2.24) is 0 Å². The SMILES string of the molecule is NCC1CCCC(c2ccccc2)O1. The van der Waals surface area contributed by atoms with E-state index in [2.05, 4.69) is 24.3 Å². The fraction of sp³-hybridized carbons (Fsp3) is 0.500. The topological polar surface area (TPSA) is 35.2 Å². The molecule has 0 radical (unpaired) electrons. The van der Waals surface area contributed by atoms with E-state index in [-0.39, 0.29) is 12.2 Å². The standard InChI is InChI=1S/C12H17NO/c13-9-11-7-4-8-12(14-11)10-5-2-1-3-6-10/h1-3,5-6,11-12H,4,7-9,13H2. The van der Waals surface area contributed by atoms with Gasteiger partial charge in [-0.25, -0.2) is 0 Å². The van der Waals surface area contributed by atoms with Gasteiger partial charge in [-0.1, -0.05) is 30.3 Å². The quantitative estimate of drug-likeness (QED) is 0.778. The van der Waals surface area contributed by atoms with Crippen LogP contribution in [0, 0.1) is 0 Å². The first-order chi connectivity index (χ1) is 6.90. The number of hydrogen-bond donors (Lipinski definition) is 1. The van der Waals surface area contributed by atoms with Crippen LogP contribution in [-0.2, 0) is 4.74 Å². The molecule has 2 N–H and O–H groups in total. The van der Waals surface area contributed by atoms with Crippen molar-refractivity contribution in [2.75, 3.05) is 6.54 Å². The van der Waals surface area contributed by atoms with Gasteiger partial charge in [-0.3, -0.25) is 0 Å². The summed E-state index contributed by atoms with van der Waals surface area (Å²) in [5.74, 6) is 0. The fourth-order valence-electron chi connectivity index (χ4n) is 1.99. The summed E-state index contributed by atoms with van der Waals surface area (Å²) in [5.41, 5.74) is 6.90. The van der Waals surface area contributed by atoms with E-state index >= 15 is 0 Å². The van der Waals surface area contributed by atoms with Crippen LogP contribution in [0.25, 0.3) is 0 Å². The minimum atomic E-state index is 0.258. The zero-order valence-electron chi connectivity index (χ0n) is 8.36. The summed E-state index contributed by atoms with van der Waals surface area (Å²) in [7, 11) is 0. The molecule has 1 fully saturated rings. The van der Waals surface area contributed by atoms with Gasteiger partial charge in [-0.05, 0) is 24.8 Å². The molecule has 2 nitrogen and oxygen atoms in total. The molecule has 0 bridgehead atoms. The Labute approximate surface area is 85.1 Å². The van der Waals surface area contributed by atoms with Gasteiger partial charge in [0.05, 0.1) is 12.2 Å². The number of ether oxygens (including phenoxy) is 1. The van der Waals surface area contributed by atoms with Crippen LogP contribution in [-0.4, -0.2) is 12.6 Å². The smallest absolute Gasteiger partial charge is 0.0829 e. The van der Waals surface area contributed by atoms with Crippen molar-refractivity contribution in [3.8, 4) is 0 Å². The van der Waals surface area contributed by atoms with Crippen LogP contribution in [0.5, 0.6) is 0 Å². The van der Waals surface area contributed by atoms with Gasteiger partial charge in [0.2, 0.25) is 0 Å². The lowest BCUT2D eigenvalue weighted by Crippen LogP contribution is -2.29. The Bertz CT molecular complexity index is 273. The molecule has 1 aliphatic rings. The fourth-order valence-corrected chi connectivity index (χ4v) is 1.99. The third-order valence-electron chi connectivity index (χ3n) is 2.78. The first-order valence-corrected chi connectivity index (χ1v) is 5.30. The van der Waals surface area contributed by atoms with Crippen LogP contribution in [0.1, 0.15) is 30.9 Å². The molecule has 1 saturated heterocycles. The third kappa shape index (κ3) is 2.14. The number of nitrogens with two attached hydrogens (primary N) is 1. The molecular formula is C12H17NO. The molecule has 1 aliphatic heterocycles. The van der Waals surface area contributed by atoms with Gasteiger partial charge >= 0.3 is 0 Å². The summed E-state index contributed by atoms with van der Waals surface area (Å²) >= 11 is 0. The largest absolute Gasteiger partial charge is 0.369 e. The van der Waals surface area contributed by atoms with Crippen LogP contribution < -0.4 is 5.73 Å². The second-order valence-electron chi connectivity index (χ2n) is 3.82. The molecule has 2 atom stereocenters. The lowest BCUT2D eigenvalue weighted by atomic mass is 9.98. The Morgan fingerprint density at radius 2 is 2.00 bits per heavy atom. The van der Waals surface area contributed by atoms with Crippen molar-refractivity contribution in [2.24, 2.45) is 5.73 Å². The summed E-state index contributed by atoms with van der Waals surface area (Å²) in [4.78, 5) is 0. The van der Waals surface area contributed by atoms with E-state index in [1.807, 2.05) is 6.07 Å². The van der Waals surface area contributed by atoms with E-state index in [9.17, 15) is 0 Å². The number of benzene rings is 1. The summed E-state index contributed by atoms with van der Waals surface area (Å²) in [6, 6.07) is 10.4. The highest BCUT2D eigenvalue weighted by atomic mass is 16.5. The van der Waals surface area contributed by atoms with Crippen molar-refractivity contribution in [1.29, 1.82) is 0 Å². The zero-order chi connectivity index (χ0) is 9.80. The van der Waals surface area contributed by atoms with Crippen LogP contribution in [0.15, 0.2) is 30.3 Å². The van der Waals surface area contributed by atoms with Gasteiger partial charge in [0.15, 0.2) is 0 Å². The number of hydrogen-bond acceptors (Lipinski definition) is 2. The van der Waals surface area contributed by atoms with E-state index < -0.39 is 0 Å². The summed E-state index contributed by atoms with van der Waals surface area (Å²) < 4.78 is 5.90. The summed E-state index contributed by atoms with van der Waals surface area (Å²) in [6.45, 7) is 0.642. The molecule has 0 saturated carbocycles. The maximum atomic E-state index is 5.90. The van der Waals surface area contributed by atoms with Crippen molar-refractivity contribution >= 4 is 0 Å². The molecule has 76 valence electrons. The lowest BCUT2D eigenvalue weighted by Gasteiger charge is -2.29. The molecule has 14 heavy (non-hydrogen) atoms. The van der Waals surface area contributed by atoms with E-state index in [4.69, 9.17) is 10.5 Å². The first-order valence-electron chi connectivity index (χ1n) is 5.30. The average molecular weight is 191 g/mol. The molecule has 1 heterocycles. The van der Waals surface area contributed by atoms with Gasteiger partial charge in [-0.15, -0.1) is 0 Å². The molecule has 0 amide bonds. The molecule has 1 aromatic rings. The van der Waals surface area contributed by atoms with E-state index in [0.717, 1.165) is 12.8 Å². The highest BCUT2D eigenvalue weighted by Gasteiger charge is 2.22. The van der Waals surface area contributed by atoms with E-state index in [0.29, 0.717) is 6.54 Å². The minimum Gasteiger partial charge on any atom is -0.369 e. The second-order valence-corrected chi connectivity index (χ2v) is 3.82. The predicted molar refractivity (Wildman–Crippen MR) is 57.0 cm³/mol. The van der Waals surface area contributed by atoms with Gasteiger partial charge in [0.25, 0.3) is 0 Å². The van der Waals surface area contributed by atoms with E-state index in [1.165, 1.54) is 12.0 Å². The molecule has 2 unspecified atom stereocenters. The minimum absolute atomic E-state index is 0.258. The van der Waals surface area contributed by atoms with Gasteiger partial charge in [-0.2, -0.15) is 0 Å². The predicted octanol–water partition coefficient (Wildman–Crippen LogP) is 2.26. The molecule has 2 heteroatoms. The van der Waals surface area contributed by atoms with Gasteiger partial charge < -0.3 is 10.5 Å². The highest BCUT2D eigenvalue weighted by molar-refractivity contribution is 5.17. The second kappa shape index (κ2) is 4.58. The van der Waals surface area contributed by atoms with Crippen LogP contribution in [0.4, 0.5) is 0 Å². The molecule has 0 spiro atoms. The van der Waals surface area contributed by atoms with Crippen molar-refractivity contribution in [3.63, 3.8) is 0 Å². The monoisotopic (exact) mass is 191 g/mol. The van der Waals surface area contributed by atoms with Crippen LogP contribution in [0.3, 0.4) is 0 Å². The van der Waals surface area contributed by atoms with Crippen molar-refractivity contribution in [2.45, 2.75) is 31.5 Å². The Morgan fingerprint density at radius 3 is 2.71 bits per heavy atom. The maximum Gasteiger partial charge on any atom is 0.0829 e. The first kappa shape index (κ1) is 9.69. The summed E-state index contributed by atoms with van der Waals surface area (Å²) in [5, 5.41) is 0. The molecule has 0 aromatic heterocycles. The van der Waals surface area contributed by atoms with Crippen LogP contribution in [0.2, 0.25) is 0 Å². The third-order valence-corrected chi connectivity index (χ3v) is 2.78. The Hall–Kier alpha value is -0.860. The Morgan fingerprint density at radius 1 is 1.21 bits per heavy atom. The molecular weight excluding hydrogens is 174 g/mol. The average Bonchev–Trinajstić information content (AvgIpc) is 2.30. The Kier molecular flexibility index (Phi) is 3.17. The Balaban J connectivity index is 2.04. The van der Waals surface area contributed by atoms with Crippen molar-refractivity contribution < 1.29 is 4.74 Å². The molecule has 1 aromatic carbocycles. The van der Waals surface area contributed by atoms with Crippen LogP contribution >= 0.6 is 0 Å². The molecule has 0 aliphatic carbocycles. The van der Waals surface area contributed by atoms with Gasteiger partial charge in [0.1, 0.15) is 0 Å². The highest BCUT2D eigenvalue weighted by Crippen LogP contribution is 2.30. The summed E-state index contributed by atoms with van der Waals surface area (Å²) in [6.07, 6.45) is 3.98. The zero-order valence-corrected chi connectivity index (χ0v) is 8.36. The molecule has 2 rings (SSSR count). The normalized spacial score (nSPS) is 27.5.